The monoisotopic (exact) mass is 651 g/mol. The molecule has 1 spiro atoms. The highest BCUT2D eigenvalue weighted by Crippen LogP contribution is 2.65. The van der Waals surface area contributed by atoms with Crippen LogP contribution in [0.15, 0.2) is 54.3 Å². The van der Waals surface area contributed by atoms with Crippen molar-refractivity contribution in [1.29, 1.82) is 0 Å². The first-order chi connectivity index (χ1) is 22.3. The van der Waals surface area contributed by atoms with E-state index in [9.17, 15) is 39.3 Å². The molecule has 1 saturated heterocycles. The minimum Gasteiger partial charge on any atom is -0.504 e. The summed E-state index contributed by atoms with van der Waals surface area (Å²) in [5, 5.41) is 32.8. The SMILES string of the molecule is CC(=O)OC(C(=O)OC1=CC[C@@]2(O)[C@H]3Cc4ccc(O)c5c4[C@@]2(CCN3C)[C@H]1O5)C(OC(C)=O)C(=O)OC(C(=O)O)c1ccccc1. The van der Waals surface area contributed by atoms with E-state index >= 15 is 0 Å². The topological polar surface area (TPSA) is 195 Å². The van der Waals surface area contributed by atoms with Crippen LogP contribution < -0.4 is 4.74 Å². The molecule has 0 aromatic heterocycles. The van der Waals surface area contributed by atoms with Crippen molar-refractivity contribution in [3.05, 3.63) is 71.0 Å². The zero-order chi connectivity index (χ0) is 33.8. The second-order valence-electron chi connectivity index (χ2n) is 12.1. The molecular formula is C33H33NO13. The standard InChI is InChI=1S/C33H33NO13/c1-16(35)43-26(27(44-17(2)36)31(41)47-24(29(38)39)18-7-5-4-6-8-18)30(40)45-21-11-12-33(42)22-15-19-9-10-20(37)25-23(19)32(33,28(21)46-25)13-14-34(22)3/h4-11,22,24,26-28,37,42H,12-15H2,1-3H3,(H,38,39)/t22-,24?,26?,27?,28+,32+,33-/m1/s1. The maximum absolute atomic E-state index is 13.8. The summed E-state index contributed by atoms with van der Waals surface area (Å²) in [6.07, 6.45) is -5.06. The highest BCUT2D eigenvalue weighted by Gasteiger charge is 2.72. The Morgan fingerprint density at radius 1 is 0.957 bits per heavy atom. The van der Waals surface area contributed by atoms with Gasteiger partial charge in [-0.15, -0.1) is 0 Å². The molecule has 3 unspecified atom stereocenters. The van der Waals surface area contributed by atoms with Crippen LogP contribution in [-0.2, 0) is 54.8 Å². The normalized spacial score (nSPS) is 27.1. The average Bonchev–Trinajstić information content (AvgIpc) is 3.38. The number of benzene rings is 2. The highest BCUT2D eigenvalue weighted by molar-refractivity contribution is 5.90. The van der Waals surface area contributed by atoms with E-state index in [2.05, 4.69) is 4.90 Å². The molecule has 4 aliphatic rings. The van der Waals surface area contributed by atoms with Gasteiger partial charge >= 0.3 is 29.8 Å². The number of carboxylic acids is 1. The molecule has 2 aromatic carbocycles. The summed E-state index contributed by atoms with van der Waals surface area (Å²) >= 11 is 0. The first-order valence-electron chi connectivity index (χ1n) is 15.0. The number of hydrogen-bond acceptors (Lipinski definition) is 13. The molecule has 2 aliphatic carbocycles. The number of carboxylic acid groups (broad SMARTS) is 1. The van der Waals surface area contributed by atoms with E-state index in [1.165, 1.54) is 36.4 Å². The Labute approximate surface area is 268 Å². The van der Waals surface area contributed by atoms with E-state index in [1.807, 2.05) is 7.05 Å². The summed E-state index contributed by atoms with van der Waals surface area (Å²) < 4.78 is 27.4. The van der Waals surface area contributed by atoms with Crippen molar-refractivity contribution in [2.75, 3.05) is 13.6 Å². The molecule has 2 aromatic rings. The van der Waals surface area contributed by atoms with Crippen LogP contribution in [0.1, 0.15) is 49.5 Å². The first kappa shape index (κ1) is 32.0. The lowest BCUT2D eigenvalue weighted by molar-refractivity contribution is -0.195. The number of nitrogens with zero attached hydrogens (tertiary/aromatic N) is 1. The number of rotatable bonds is 9. The van der Waals surface area contributed by atoms with Crippen molar-refractivity contribution in [1.82, 2.24) is 4.90 Å². The molecule has 6 rings (SSSR count). The van der Waals surface area contributed by atoms with E-state index < -0.39 is 65.3 Å². The minimum atomic E-state index is -2.26. The minimum absolute atomic E-state index is 0.0318. The van der Waals surface area contributed by atoms with Gasteiger partial charge in [-0.25, -0.2) is 14.4 Å². The number of phenolic OH excluding ortho intramolecular Hbond substituents is 1. The van der Waals surface area contributed by atoms with Crippen LogP contribution in [0.3, 0.4) is 0 Å². The number of phenols is 1. The number of ether oxygens (including phenoxy) is 5. The molecule has 2 heterocycles. The Bertz CT molecular complexity index is 1690. The zero-order valence-corrected chi connectivity index (χ0v) is 25.7. The molecule has 0 radical (unpaired) electrons. The largest absolute Gasteiger partial charge is 0.504 e. The molecule has 1 fully saturated rings. The third-order valence-electron chi connectivity index (χ3n) is 9.46. The van der Waals surface area contributed by atoms with Gasteiger partial charge in [0.15, 0.2) is 17.6 Å². The second-order valence-corrected chi connectivity index (χ2v) is 12.1. The van der Waals surface area contributed by atoms with Gasteiger partial charge in [-0.1, -0.05) is 36.4 Å². The summed E-state index contributed by atoms with van der Waals surface area (Å²) in [5.41, 5.74) is -0.906. The van der Waals surface area contributed by atoms with E-state index in [4.69, 9.17) is 23.7 Å². The summed E-state index contributed by atoms with van der Waals surface area (Å²) in [6.45, 7) is 2.44. The molecule has 2 bridgehead atoms. The molecule has 0 amide bonds. The van der Waals surface area contributed by atoms with Crippen molar-refractivity contribution in [2.45, 2.75) is 74.6 Å². The van der Waals surface area contributed by atoms with E-state index in [0.29, 0.717) is 24.9 Å². The van der Waals surface area contributed by atoms with Gasteiger partial charge in [0.25, 0.3) is 0 Å². The van der Waals surface area contributed by atoms with Crippen molar-refractivity contribution >= 4 is 29.8 Å². The second kappa shape index (κ2) is 11.7. The molecular weight excluding hydrogens is 618 g/mol. The van der Waals surface area contributed by atoms with Gasteiger partial charge in [0.05, 0.1) is 11.0 Å². The van der Waals surface area contributed by atoms with Crippen LogP contribution in [0, 0.1) is 0 Å². The van der Waals surface area contributed by atoms with E-state index in [1.54, 1.807) is 12.1 Å². The van der Waals surface area contributed by atoms with Gasteiger partial charge in [0.1, 0.15) is 5.76 Å². The average molecular weight is 652 g/mol. The number of carbonyl (C=O) groups is 5. The fourth-order valence-electron chi connectivity index (χ4n) is 7.51. The Balaban J connectivity index is 1.34. The molecule has 14 nitrogen and oxygen atoms in total. The number of aromatic hydroxyl groups is 1. The maximum Gasteiger partial charge on any atom is 0.357 e. The number of hydrogen-bond donors (Lipinski definition) is 3. The smallest absolute Gasteiger partial charge is 0.357 e. The number of aliphatic hydroxyl groups is 1. The predicted molar refractivity (Wildman–Crippen MR) is 157 cm³/mol. The Morgan fingerprint density at radius 2 is 1.62 bits per heavy atom. The Kier molecular flexibility index (Phi) is 7.96. The summed E-state index contributed by atoms with van der Waals surface area (Å²) in [6, 6.07) is 10.4. The van der Waals surface area contributed by atoms with Crippen LogP contribution in [0.5, 0.6) is 11.5 Å². The fourth-order valence-corrected chi connectivity index (χ4v) is 7.51. The third kappa shape index (κ3) is 5.08. The van der Waals surface area contributed by atoms with Gasteiger partial charge in [0.2, 0.25) is 18.3 Å². The number of likely N-dealkylation sites (tertiary alicyclic amines) is 1. The maximum atomic E-state index is 13.8. The Hall–Kier alpha value is -4.95. The molecule has 7 atom stereocenters. The Morgan fingerprint density at radius 3 is 2.26 bits per heavy atom. The van der Waals surface area contributed by atoms with Crippen LogP contribution in [0.2, 0.25) is 0 Å². The van der Waals surface area contributed by atoms with Crippen LogP contribution in [0.25, 0.3) is 0 Å². The number of carbonyl (C=O) groups excluding carboxylic acids is 4. The fraction of sp³-hybridized carbons (Fsp3) is 0.424. The van der Waals surface area contributed by atoms with Gasteiger partial charge in [-0.3, -0.25) is 9.59 Å². The molecule has 248 valence electrons. The highest BCUT2D eigenvalue weighted by atomic mass is 16.6. The zero-order valence-electron chi connectivity index (χ0n) is 25.7. The number of esters is 4. The van der Waals surface area contributed by atoms with Gasteiger partial charge in [0, 0.05) is 37.4 Å². The van der Waals surface area contributed by atoms with Crippen molar-refractivity contribution < 1.29 is 63.0 Å². The quantitative estimate of drug-likeness (QED) is 0.260. The summed E-state index contributed by atoms with van der Waals surface area (Å²) in [4.78, 5) is 65.5. The molecule has 14 heteroatoms. The molecule has 3 N–H and O–H groups in total. The number of likely N-dealkylation sites (N-methyl/N-ethyl adjacent to an activating group) is 1. The summed E-state index contributed by atoms with van der Waals surface area (Å²) in [5.74, 6) is -6.59. The van der Waals surface area contributed by atoms with Gasteiger partial charge in [-0.05, 0) is 44.1 Å². The lowest BCUT2D eigenvalue weighted by Gasteiger charge is -2.61. The third-order valence-corrected chi connectivity index (χ3v) is 9.46. The van der Waals surface area contributed by atoms with Crippen molar-refractivity contribution in [2.24, 2.45) is 0 Å². The van der Waals surface area contributed by atoms with Gasteiger partial charge in [-0.2, -0.15) is 0 Å². The van der Waals surface area contributed by atoms with Crippen molar-refractivity contribution in [3.63, 3.8) is 0 Å². The van der Waals surface area contributed by atoms with E-state index in [-0.39, 0.29) is 35.3 Å². The van der Waals surface area contributed by atoms with Crippen LogP contribution in [-0.4, -0.2) is 93.6 Å². The van der Waals surface area contributed by atoms with E-state index in [0.717, 1.165) is 19.4 Å². The van der Waals surface area contributed by atoms with Crippen molar-refractivity contribution in [3.8, 4) is 11.5 Å². The van der Waals surface area contributed by atoms with Gasteiger partial charge < -0.3 is 43.9 Å². The summed E-state index contributed by atoms with van der Waals surface area (Å²) in [7, 11) is 1.91. The number of piperidine rings is 1. The van der Waals surface area contributed by atoms with Crippen LogP contribution >= 0.6 is 0 Å². The lowest BCUT2D eigenvalue weighted by Crippen LogP contribution is -2.74. The number of aliphatic carboxylic acids is 1. The predicted octanol–water partition coefficient (Wildman–Crippen LogP) is 1.45. The lowest BCUT2D eigenvalue weighted by atomic mass is 9.50. The molecule has 47 heavy (non-hydrogen) atoms. The first-order valence-corrected chi connectivity index (χ1v) is 15.0. The molecule has 0 saturated carbocycles. The molecule has 2 aliphatic heterocycles. The van der Waals surface area contributed by atoms with Crippen LogP contribution in [0.4, 0.5) is 0 Å².